The second kappa shape index (κ2) is 9.36. The first-order valence-electron chi connectivity index (χ1n) is 10.9. The minimum atomic E-state index is -3.59. The lowest BCUT2D eigenvalue weighted by molar-refractivity contribution is 0.414. The van der Waals surface area contributed by atoms with Crippen LogP contribution in [0.2, 0.25) is 0 Å². The summed E-state index contributed by atoms with van der Waals surface area (Å²) in [4.78, 5) is 4.71. The Labute approximate surface area is 193 Å². The van der Waals surface area contributed by atoms with Crippen LogP contribution in [-0.2, 0) is 10.0 Å². The van der Waals surface area contributed by atoms with E-state index in [4.69, 9.17) is 13.7 Å². The molecule has 2 aromatic carbocycles. The van der Waals surface area contributed by atoms with Crippen LogP contribution in [0.4, 0.5) is 0 Å². The van der Waals surface area contributed by atoms with Crippen molar-refractivity contribution in [2.24, 2.45) is 0 Å². The van der Waals surface area contributed by atoms with Crippen molar-refractivity contribution in [3.63, 3.8) is 0 Å². The number of hydrogen-bond donors (Lipinski definition) is 0. The zero-order valence-corrected chi connectivity index (χ0v) is 20.0. The van der Waals surface area contributed by atoms with Crippen LogP contribution in [0, 0.1) is 6.92 Å². The Bertz CT molecular complexity index is 1360. The summed E-state index contributed by atoms with van der Waals surface area (Å²) in [6, 6.07) is 12.2. The van der Waals surface area contributed by atoms with E-state index < -0.39 is 10.0 Å². The molecule has 9 heteroatoms. The van der Waals surface area contributed by atoms with Crippen molar-refractivity contribution < 1.29 is 22.1 Å². The van der Waals surface area contributed by atoms with Crippen molar-refractivity contribution in [1.29, 1.82) is 0 Å². The zero-order valence-electron chi connectivity index (χ0n) is 19.2. The van der Waals surface area contributed by atoms with Crippen molar-refractivity contribution in [2.75, 3.05) is 20.2 Å². The van der Waals surface area contributed by atoms with Crippen molar-refractivity contribution >= 4 is 21.0 Å². The topological polar surface area (TPSA) is 98.7 Å². The molecule has 0 bridgehead atoms. The lowest BCUT2D eigenvalue weighted by Crippen LogP contribution is -2.31. The summed E-state index contributed by atoms with van der Waals surface area (Å²) in [5.74, 6) is 1.81. The Morgan fingerprint density at radius 2 is 1.85 bits per heavy atom. The highest BCUT2D eigenvalue weighted by Gasteiger charge is 2.25. The van der Waals surface area contributed by atoms with Crippen LogP contribution < -0.4 is 4.74 Å². The molecule has 8 nitrogen and oxygen atoms in total. The van der Waals surface area contributed by atoms with E-state index in [2.05, 4.69) is 10.1 Å². The minimum absolute atomic E-state index is 0.233. The number of rotatable bonds is 9. The Morgan fingerprint density at radius 1 is 1.09 bits per heavy atom. The molecule has 33 heavy (non-hydrogen) atoms. The van der Waals surface area contributed by atoms with Crippen LogP contribution >= 0.6 is 0 Å². The molecule has 2 aromatic heterocycles. The van der Waals surface area contributed by atoms with Gasteiger partial charge in [0.2, 0.25) is 15.8 Å². The Balaban J connectivity index is 1.68. The summed E-state index contributed by atoms with van der Waals surface area (Å²) >= 11 is 0. The van der Waals surface area contributed by atoms with E-state index in [-0.39, 0.29) is 10.8 Å². The number of benzene rings is 2. The van der Waals surface area contributed by atoms with Gasteiger partial charge in [0.05, 0.1) is 12.0 Å². The summed E-state index contributed by atoms with van der Waals surface area (Å²) in [5, 5.41) is 4.76. The largest absolute Gasteiger partial charge is 0.497 e. The highest BCUT2D eigenvalue weighted by atomic mass is 32.2. The number of unbranched alkanes of at least 4 members (excludes halogenated alkanes) is 1. The third kappa shape index (κ3) is 4.38. The predicted octanol–water partition coefficient (Wildman–Crippen LogP) is 5.28. The van der Waals surface area contributed by atoms with Crippen LogP contribution in [0.15, 0.2) is 56.3 Å². The van der Waals surface area contributed by atoms with E-state index in [1.807, 2.05) is 45.0 Å². The predicted molar refractivity (Wildman–Crippen MR) is 126 cm³/mol. The van der Waals surface area contributed by atoms with Gasteiger partial charge in [-0.3, -0.25) is 0 Å². The van der Waals surface area contributed by atoms with Crippen LogP contribution in [0.5, 0.6) is 5.75 Å². The molecule has 0 fully saturated rings. The van der Waals surface area contributed by atoms with E-state index in [0.29, 0.717) is 35.6 Å². The summed E-state index contributed by atoms with van der Waals surface area (Å²) in [6.07, 6.45) is 1.75. The normalized spacial score (nSPS) is 12.0. The molecule has 0 saturated carbocycles. The lowest BCUT2D eigenvalue weighted by Gasteiger charge is -2.20. The number of furan rings is 1. The summed E-state index contributed by atoms with van der Waals surface area (Å²) in [5.41, 5.74) is 2.07. The smallest absolute Gasteiger partial charge is 0.294 e. The maximum atomic E-state index is 13.2. The number of nitrogens with zero attached hydrogens (tertiary/aromatic N) is 3. The number of ether oxygens (including phenoxy) is 1. The Hall–Kier alpha value is -3.17. The fourth-order valence-corrected chi connectivity index (χ4v) is 5.18. The summed E-state index contributed by atoms with van der Waals surface area (Å²) in [7, 11) is -1.99. The molecule has 0 aliphatic rings. The summed E-state index contributed by atoms with van der Waals surface area (Å²) in [6.45, 7) is 6.66. The van der Waals surface area contributed by atoms with Gasteiger partial charge in [0.25, 0.3) is 5.89 Å². The molecule has 0 radical (unpaired) electrons. The molecule has 0 amide bonds. The number of aryl methyl sites for hydroxylation is 1. The van der Waals surface area contributed by atoms with Crippen molar-refractivity contribution in [2.45, 2.75) is 38.5 Å². The van der Waals surface area contributed by atoms with Crippen LogP contribution in [-0.4, -0.2) is 43.1 Å². The van der Waals surface area contributed by atoms with E-state index >= 15 is 0 Å². The molecule has 0 unspecified atom stereocenters. The highest BCUT2D eigenvalue weighted by Crippen LogP contribution is 2.35. The highest BCUT2D eigenvalue weighted by molar-refractivity contribution is 7.89. The second-order valence-electron chi connectivity index (χ2n) is 7.72. The number of hydrogen-bond acceptors (Lipinski definition) is 7. The van der Waals surface area contributed by atoms with Gasteiger partial charge in [-0.15, -0.1) is 0 Å². The first-order chi connectivity index (χ1) is 15.9. The minimum Gasteiger partial charge on any atom is -0.497 e. The third-order valence-electron chi connectivity index (χ3n) is 5.63. The van der Waals surface area contributed by atoms with Crippen LogP contribution in [0.3, 0.4) is 0 Å². The van der Waals surface area contributed by atoms with Gasteiger partial charge in [-0.05, 0) is 55.8 Å². The second-order valence-corrected chi connectivity index (χ2v) is 9.65. The first-order valence-corrected chi connectivity index (χ1v) is 12.3. The number of sulfonamides is 1. The van der Waals surface area contributed by atoms with E-state index in [9.17, 15) is 8.42 Å². The molecule has 0 saturated heterocycles. The maximum absolute atomic E-state index is 13.2. The van der Waals surface area contributed by atoms with E-state index in [0.717, 1.165) is 29.7 Å². The van der Waals surface area contributed by atoms with Crippen LogP contribution in [0.1, 0.15) is 32.3 Å². The van der Waals surface area contributed by atoms with Crippen molar-refractivity contribution in [3.05, 3.63) is 48.0 Å². The lowest BCUT2D eigenvalue weighted by atomic mass is 10.1. The molecule has 0 aliphatic carbocycles. The number of aromatic nitrogens is 2. The number of methoxy groups -OCH3 is 1. The molecular formula is C24H27N3O5S. The fraction of sp³-hybridized carbons (Fsp3) is 0.333. The summed E-state index contributed by atoms with van der Waals surface area (Å²) < 4.78 is 44.4. The van der Waals surface area contributed by atoms with Gasteiger partial charge in [0.1, 0.15) is 11.3 Å². The van der Waals surface area contributed by atoms with E-state index in [1.165, 1.54) is 4.31 Å². The molecule has 0 N–H and O–H groups in total. The SMILES string of the molecule is CCCCN(CC)S(=O)(=O)c1ccc2oc(-c3nc(-c4ccc(OC)cc4)no3)c(C)c2c1. The van der Waals surface area contributed by atoms with Gasteiger partial charge < -0.3 is 13.7 Å². The molecule has 4 rings (SSSR count). The Morgan fingerprint density at radius 3 is 2.52 bits per heavy atom. The van der Waals surface area contributed by atoms with Gasteiger partial charge in [-0.1, -0.05) is 25.4 Å². The standard InChI is InChI=1S/C24H27N3O5S/c1-5-7-14-27(6-2)33(28,29)19-12-13-21-20(15-19)16(3)22(31-21)24-25-23(26-32-24)17-8-10-18(30-4)11-9-17/h8-13,15H,5-7,14H2,1-4H3. The van der Waals surface area contributed by atoms with Gasteiger partial charge in [0, 0.05) is 29.6 Å². The van der Waals surface area contributed by atoms with Crippen molar-refractivity contribution in [3.8, 4) is 28.8 Å². The van der Waals surface area contributed by atoms with Crippen LogP contribution in [0.25, 0.3) is 34.0 Å². The monoisotopic (exact) mass is 469 g/mol. The molecule has 174 valence electrons. The fourth-order valence-electron chi connectivity index (χ4n) is 3.67. The molecule has 2 heterocycles. The molecule has 0 spiro atoms. The maximum Gasteiger partial charge on any atom is 0.294 e. The Kier molecular flexibility index (Phi) is 6.53. The molecule has 4 aromatic rings. The van der Waals surface area contributed by atoms with Gasteiger partial charge in [-0.2, -0.15) is 9.29 Å². The zero-order chi connectivity index (χ0) is 23.6. The average molecular weight is 470 g/mol. The van der Waals surface area contributed by atoms with Gasteiger partial charge in [-0.25, -0.2) is 8.42 Å². The van der Waals surface area contributed by atoms with E-state index in [1.54, 1.807) is 25.3 Å². The molecule has 0 aliphatic heterocycles. The molecular weight excluding hydrogens is 442 g/mol. The molecule has 0 atom stereocenters. The van der Waals surface area contributed by atoms with Gasteiger partial charge >= 0.3 is 0 Å². The number of fused-ring (bicyclic) bond motifs is 1. The van der Waals surface area contributed by atoms with Crippen molar-refractivity contribution in [1.82, 2.24) is 14.4 Å². The third-order valence-corrected chi connectivity index (χ3v) is 7.60. The van der Waals surface area contributed by atoms with Gasteiger partial charge in [0.15, 0.2) is 5.76 Å². The quantitative estimate of drug-likeness (QED) is 0.329. The first kappa shape index (κ1) is 23.0. The average Bonchev–Trinajstić information content (AvgIpc) is 3.44.